The van der Waals surface area contributed by atoms with E-state index in [1.54, 1.807) is 29.5 Å². The minimum absolute atomic E-state index is 0.170. The smallest absolute Gasteiger partial charge is 0.257 e. The lowest BCUT2D eigenvalue weighted by molar-refractivity contribution is 0.102. The number of aromatic nitrogens is 4. The molecular formula is C20H17N5O. The van der Waals surface area contributed by atoms with E-state index in [4.69, 9.17) is 0 Å². The van der Waals surface area contributed by atoms with E-state index in [2.05, 4.69) is 15.4 Å². The number of para-hydroxylation sites is 1. The number of nitrogens with zero attached hydrogens (tertiary/aromatic N) is 4. The quantitative estimate of drug-likeness (QED) is 0.604. The summed E-state index contributed by atoms with van der Waals surface area (Å²) in [5.41, 5.74) is 3.14. The summed E-state index contributed by atoms with van der Waals surface area (Å²) >= 11 is 0. The molecule has 0 aliphatic rings. The molecule has 1 amide bonds. The van der Waals surface area contributed by atoms with Gasteiger partial charge in [0.25, 0.3) is 5.91 Å². The normalized spacial score (nSPS) is 10.6. The molecule has 0 unspecified atom stereocenters. The monoisotopic (exact) mass is 343 g/mol. The summed E-state index contributed by atoms with van der Waals surface area (Å²) in [4.78, 5) is 16.8. The van der Waals surface area contributed by atoms with Crippen molar-refractivity contribution in [3.8, 4) is 5.69 Å². The van der Waals surface area contributed by atoms with Crippen molar-refractivity contribution in [2.24, 2.45) is 0 Å². The molecule has 6 nitrogen and oxygen atoms in total. The zero-order chi connectivity index (χ0) is 17.8. The number of hydrogen-bond donors (Lipinski definition) is 1. The lowest BCUT2D eigenvalue weighted by atomic mass is 10.1. The molecule has 128 valence electrons. The van der Waals surface area contributed by atoms with Crippen LogP contribution >= 0.6 is 0 Å². The number of anilines is 1. The largest absolute Gasteiger partial charge is 0.333 e. The second-order valence-electron chi connectivity index (χ2n) is 5.86. The summed E-state index contributed by atoms with van der Waals surface area (Å²) in [6.45, 7) is 0.702. The Morgan fingerprint density at radius 2 is 1.92 bits per heavy atom. The standard InChI is InChI=1S/C20H17N5O/c26-20(18-7-1-2-8-19(18)25-11-4-9-22-25)23-17-6-3-5-16(13-17)14-24-12-10-21-15-24/h1-13,15H,14H2,(H,23,26). The van der Waals surface area contributed by atoms with Crippen molar-refractivity contribution in [1.82, 2.24) is 19.3 Å². The van der Waals surface area contributed by atoms with E-state index >= 15 is 0 Å². The highest BCUT2D eigenvalue weighted by Crippen LogP contribution is 2.17. The van der Waals surface area contributed by atoms with Crippen LogP contribution in [0.5, 0.6) is 0 Å². The fourth-order valence-electron chi connectivity index (χ4n) is 2.81. The Kier molecular flexibility index (Phi) is 4.30. The van der Waals surface area contributed by atoms with Gasteiger partial charge in [-0.05, 0) is 35.9 Å². The van der Waals surface area contributed by atoms with Crippen LogP contribution in [0.25, 0.3) is 5.69 Å². The number of hydrogen-bond acceptors (Lipinski definition) is 3. The molecule has 6 heteroatoms. The number of rotatable bonds is 5. The lowest BCUT2D eigenvalue weighted by Crippen LogP contribution is -2.15. The van der Waals surface area contributed by atoms with Crippen molar-refractivity contribution in [2.45, 2.75) is 6.54 Å². The Morgan fingerprint density at radius 1 is 1.00 bits per heavy atom. The fraction of sp³-hybridized carbons (Fsp3) is 0.0500. The molecule has 4 rings (SSSR count). The van der Waals surface area contributed by atoms with Crippen LogP contribution < -0.4 is 5.32 Å². The van der Waals surface area contributed by atoms with Gasteiger partial charge in [-0.2, -0.15) is 5.10 Å². The molecule has 4 aromatic rings. The van der Waals surface area contributed by atoms with Crippen LogP contribution in [0.4, 0.5) is 5.69 Å². The Bertz CT molecular complexity index is 1010. The first-order valence-corrected chi connectivity index (χ1v) is 8.25. The van der Waals surface area contributed by atoms with Gasteiger partial charge in [0.1, 0.15) is 0 Å². The third kappa shape index (κ3) is 3.39. The summed E-state index contributed by atoms with van der Waals surface area (Å²) in [5, 5.41) is 7.20. The Balaban J connectivity index is 1.56. The molecule has 2 heterocycles. The topological polar surface area (TPSA) is 64.7 Å². The number of carbonyl (C=O) groups is 1. The van der Waals surface area contributed by atoms with E-state index in [0.29, 0.717) is 12.1 Å². The number of benzene rings is 2. The Hall–Kier alpha value is -3.67. The zero-order valence-electron chi connectivity index (χ0n) is 14.0. The number of nitrogens with one attached hydrogen (secondary N) is 1. The second kappa shape index (κ2) is 7.06. The highest BCUT2D eigenvalue weighted by atomic mass is 16.1. The molecule has 0 spiro atoms. The molecule has 0 aliphatic carbocycles. The van der Waals surface area contributed by atoms with Gasteiger partial charge < -0.3 is 9.88 Å². The minimum atomic E-state index is -0.170. The van der Waals surface area contributed by atoms with E-state index < -0.39 is 0 Å². The van der Waals surface area contributed by atoms with E-state index in [-0.39, 0.29) is 5.91 Å². The maximum Gasteiger partial charge on any atom is 0.257 e. The SMILES string of the molecule is O=C(Nc1cccc(Cn2ccnc2)c1)c1ccccc1-n1cccn1. The summed E-state index contributed by atoms with van der Waals surface area (Å²) in [5.74, 6) is -0.170. The molecule has 0 bridgehead atoms. The second-order valence-corrected chi connectivity index (χ2v) is 5.86. The lowest BCUT2D eigenvalue weighted by Gasteiger charge is -2.11. The highest BCUT2D eigenvalue weighted by molar-refractivity contribution is 6.06. The average molecular weight is 343 g/mol. The maximum atomic E-state index is 12.8. The van der Waals surface area contributed by atoms with E-state index in [9.17, 15) is 4.79 Å². The van der Waals surface area contributed by atoms with Crippen LogP contribution in [0.2, 0.25) is 0 Å². The van der Waals surface area contributed by atoms with Crippen LogP contribution in [-0.2, 0) is 6.54 Å². The zero-order valence-corrected chi connectivity index (χ0v) is 14.0. The van der Waals surface area contributed by atoms with Crippen LogP contribution in [0.1, 0.15) is 15.9 Å². The van der Waals surface area contributed by atoms with Gasteiger partial charge in [0, 0.05) is 37.0 Å². The van der Waals surface area contributed by atoms with E-state index in [0.717, 1.165) is 16.9 Å². The summed E-state index contributed by atoms with van der Waals surface area (Å²) < 4.78 is 3.67. The first-order chi connectivity index (χ1) is 12.8. The van der Waals surface area contributed by atoms with Crippen molar-refractivity contribution >= 4 is 11.6 Å². The predicted molar refractivity (Wildman–Crippen MR) is 99.3 cm³/mol. The number of imidazole rings is 1. The molecule has 0 saturated heterocycles. The van der Waals surface area contributed by atoms with Gasteiger partial charge in [0.05, 0.1) is 17.6 Å². The molecular weight excluding hydrogens is 326 g/mol. The molecule has 1 N–H and O–H groups in total. The third-order valence-electron chi connectivity index (χ3n) is 4.01. The van der Waals surface area contributed by atoms with Crippen molar-refractivity contribution < 1.29 is 4.79 Å². The Labute approximate surface area is 150 Å². The minimum Gasteiger partial charge on any atom is -0.333 e. The van der Waals surface area contributed by atoms with Gasteiger partial charge in [-0.3, -0.25) is 4.79 Å². The fourth-order valence-corrected chi connectivity index (χ4v) is 2.81. The van der Waals surface area contributed by atoms with Gasteiger partial charge in [-0.15, -0.1) is 0 Å². The maximum absolute atomic E-state index is 12.8. The van der Waals surface area contributed by atoms with Crippen LogP contribution in [0.15, 0.2) is 85.7 Å². The molecule has 2 aromatic heterocycles. The first kappa shape index (κ1) is 15.8. The molecule has 2 aromatic carbocycles. The van der Waals surface area contributed by atoms with Gasteiger partial charge in [0.2, 0.25) is 0 Å². The number of amides is 1. The van der Waals surface area contributed by atoms with E-state index in [1.807, 2.05) is 65.5 Å². The average Bonchev–Trinajstić information content (AvgIpc) is 3.36. The van der Waals surface area contributed by atoms with Crippen molar-refractivity contribution in [3.05, 3.63) is 96.8 Å². The van der Waals surface area contributed by atoms with Crippen molar-refractivity contribution in [3.63, 3.8) is 0 Å². The van der Waals surface area contributed by atoms with Gasteiger partial charge >= 0.3 is 0 Å². The van der Waals surface area contributed by atoms with Crippen LogP contribution in [-0.4, -0.2) is 25.2 Å². The number of carbonyl (C=O) groups excluding carboxylic acids is 1. The first-order valence-electron chi connectivity index (χ1n) is 8.25. The van der Waals surface area contributed by atoms with Crippen molar-refractivity contribution in [2.75, 3.05) is 5.32 Å². The van der Waals surface area contributed by atoms with Gasteiger partial charge in [-0.1, -0.05) is 24.3 Å². The molecule has 0 aliphatic heterocycles. The van der Waals surface area contributed by atoms with Crippen molar-refractivity contribution in [1.29, 1.82) is 0 Å². The molecule has 0 saturated carbocycles. The third-order valence-corrected chi connectivity index (χ3v) is 4.01. The molecule has 0 atom stereocenters. The summed E-state index contributed by atoms with van der Waals surface area (Å²) in [7, 11) is 0. The van der Waals surface area contributed by atoms with Gasteiger partial charge in [-0.25, -0.2) is 9.67 Å². The van der Waals surface area contributed by atoms with Crippen LogP contribution in [0, 0.1) is 0 Å². The van der Waals surface area contributed by atoms with E-state index in [1.165, 1.54) is 0 Å². The molecule has 0 radical (unpaired) electrons. The Morgan fingerprint density at radius 3 is 2.73 bits per heavy atom. The molecule has 0 fully saturated rings. The van der Waals surface area contributed by atoms with Crippen LogP contribution in [0.3, 0.4) is 0 Å². The highest BCUT2D eigenvalue weighted by Gasteiger charge is 2.13. The summed E-state index contributed by atoms with van der Waals surface area (Å²) in [6, 6.07) is 17.0. The molecule has 26 heavy (non-hydrogen) atoms. The predicted octanol–water partition coefficient (Wildman–Crippen LogP) is 3.37. The summed E-state index contributed by atoms with van der Waals surface area (Å²) in [6.07, 6.45) is 8.93. The van der Waals surface area contributed by atoms with Gasteiger partial charge in [0.15, 0.2) is 0 Å².